The Morgan fingerprint density at radius 2 is 1.92 bits per heavy atom. The minimum Gasteiger partial charge on any atom is -0.353 e. The van der Waals surface area contributed by atoms with Gasteiger partial charge >= 0.3 is 0 Å². The highest BCUT2D eigenvalue weighted by Gasteiger charge is 2.40. The van der Waals surface area contributed by atoms with E-state index in [0.29, 0.717) is 5.56 Å². The third kappa shape index (κ3) is 3.18. The minimum absolute atomic E-state index is 0.0791. The van der Waals surface area contributed by atoms with Crippen molar-refractivity contribution in [3.8, 4) is 0 Å². The second kappa shape index (κ2) is 6.85. The highest BCUT2D eigenvalue weighted by atomic mass is 32.2. The molecule has 3 rings (SSSR count). The number of carbonyl (C=O) groups excluding carboxylic acids is 1. The van der Waals surface area contributed by atoms with Crippen LogP contribution in [0.2, 0.25) is 0 Å². The first-order valence-electron chi connectivity index (χ1n) is 7.92. The van der Waals surface area contributed by atoms with Crippen molar-refractivity contribution < 1.29 is 18.1 Å². The summed E-state index contributed by atoms with van der Waals surface area (Å²) in [6.07, 6.45) is 0. The van der Waals surface area contributed by atoms with Gasteiger partial charge in [-0.2, -0.15) is 4.31 Å². The number of aryl methyl sites for hydroxylation is 1. The minimum atomic E-state index is -4.10. The van der Waals surface area contributed by atoms with Crippen molar-refractivity contribution in [3.63, 3.8) is 0 Å². The predicted octanol–water partition coefficient (Wildman–Crippen LogP) is 1.77. The van der Waals surface area contributed by atoms with E-state index in [9.17, 15) is 23.3 Å². The summed E-state index contributed by atoms with van der Waals surface area (Å²) in [6.45, 7) is 2.06. The number of amides is 1. The largest absolute Gasteiger partial charge is 0.353 e. The Morgan fingerprint density at radius 1 is 1.19 bits per heavy atom. The Kier molecular flexibility index (Phi) is 4.75. The van der Waals surface area contributed by atoms with Crippen molar-refractivity contribution in [2.45, 2.75) is 17.9 Å². The van der Waals surface area contributed by atoms with Crippen molar-refractivity contribution in [2.75, 3.05) is 13.1 Å². The van der Waals surface area contributed by atoms with E-state index in [1.165, 1.54) is 18.2 Å². The van der Waals surface area contributed by atoms with E-state index in [1.807, 2.05) is 0 Å². The highest BCUT2D eigenvalue weighted by Crippen LogP contribution is 2.32. The van der Waals surface area contributed by atoms with Gasteiger partial charge in [0, 0.05) is 25.2 Å². The van der Waals surface area contributed by atoms with Gasteiger partial charge in [-0.05, 0) is 24.1 Å². The average molecular weight is 375 g/mol. The topological polar surface area (TPSA) is 110 Å². The Morgan fingerprint density at radius 3 is 2.62 bits per heavy atom. The van der Waals surface area contributed by atoms with Crippen LogP contribution in [0, 0.1) is 17.0 Å². The fraction of sp³-hybridized carbons (Fsp3) is 0.235. The monoisotopic (exact) mass is 375 g/mol. The lowest BCUT2D eigenvalue weighted by atomic mass is 9.99. The quantitative estimate of drug-likeness (QED) is 0.647. The summed E-state index contributed by atoms with van der Waals surface area (Å²) in [5, 5.41) is 13.7. The van der Waals surface area contributed by atoms with Gasteiger partial charge in [0.25, 0.3) is 5.69 Å². The van der Waals surface area contributed by atoms with Crippen LogP contribution in [0.3, 0.4) is 0 Å². The Labute approximate surface area is 150 Å². The lowest BCUT2D eigenvalue weighted by Crippen LogP contribution is -2.52. The van der Waals surface area contributed by atoms with E-state index in [2.05, 4.69) is 5.32 Å². The zero-order valence-corrected chi connectivity index (χ0v) is 14.8. The maximum atomic E-state index is 13.1. The SMILES string of the molecule is Cc1ccccc1C1C(=O)NCCN1S(=O)(=O)c1cccc([N+](=O)[O-])c1. The van der Waals surface area contributed by atoms with E-state index in [-0.39, 0.29) is 23.7 Å². The smallest absolute Gasteiger partial charge is 0.270 e. The summed E-state index contributed by atoms with van der Waals surface area (Å²) in [5.41, 5.74) is 1.05. The van der Waals surface area contributed by atoms with Crippen molar-refractivity contribution in [1.29, 1.82) is 0 Å². The van der Waals surface area contributed by atoms with Crippen molar-refractivity contribution >= 4 is 21.6 Å². The Bertz CT molecular complexity index is 974. The van der Waals surface area contributed by atoms with Gasteiger partial charge < -0.3 is 5.32 Å². The number of non-ortho nitro benzene ring substituents is 1. The second-order valence-corrected chi connectivity index (χ2v) is 7.81. The van der Waals surface area contributed by atoms with Gasteiger partial charge in [-0.25, -0.2) is 8.42 Å². The highest BCUT2D eigenvalue weighted by molar-refractivity contribution is 7.89. The van der Waals surface area contributed by atoms with E-state index in [4.69, 9.17) is 0 Å². The fourth-order valence-corrected chi connectivity index (χ4v) is 4.60. The molecule has 1 heterocycles. The first-order valence-corrected chi connectivity index (χ1v) is 9.36. The van der Waals surface area contributed by atoms with Crippen LogP contribution in [0.1, 0.15) is 17.2 Å². The predicted molar refractivity (Wildman–Crippen MR) is 93.9 cm³/mol. The standard InChI is InChI=1S/C17H17N3O5S/c1-12-5-2-3-8-15(12)16-17(21)18-9-10-19(16)26(24,25)14-7-4-6-13(11-14)20(22)23/h2-8,11,16H,9-10H2,1H3,(H,18,21). The zero-order valence-electron chi connectivity index (χ0n) is 14.0. The molecule has 1 fully saturated rings. The molecule has 26 heavy (non-hydrogen) atoms. The maximum Gasteiger partial charge on any atom is 0.270 e. The Balaban J connectivity index is 2.10. The fourth-order valence-electron chi connectivity index (χ4n) is 2.99. The number of nitrogens with one attached hydrogen (secondary N) is 1. The van der Waals surface area contributed by atoms with Crippen LogP contribution in [-0.2, 0) is 14.8 Å². The molecule has 136 valence electrons. The lowest BCUT2D eigenvalue weighted by Gasteiger charge is -2.34. The van der Waals surface area contributed by atoms with E-state index in [1.54, 1.807) is 31.2 Å². The number of carbonyl (C=O) groups is 1. The molecule has 1 aliphatic heterocycles. The van der Waals surface area contributed by atoms with Crippen LogP contribution in [0.15, 0.2) is 53.4 Å². The van der Waals surface area contributed by atoms with Gasteiger partial charge in [-0.1, -0.05) is 30.3 Å². The molecule has 0 spiro atoms. The average Bonchev–Trinajstić information content (AvgIpc) is 2.62. The molecule has 0 radical (unpaired) electrons. The van der Waals surface area contributed by atoms with Crippen LogP contribution < -0.4 is 5.32 Å². The number of sulfonamides is 1. The number of nitro groups is 1. The van der Waals surface area contributed by atoms with Gasteiger partial charge in [0.1, 0.15) is 6.04 Å². The maximum absolute atomic E-state index is 13.1. The molecule has 1 unspecified atom stereocenters. The number of nitrogens with zero attached hydrogens (tertiary/aromatic N) is 2. The van der Waals surface area contributed by atoms with Gasteiger partial charge in [0.2, 0.25) is 15.9 Å². The van der Waals surface area contributed by atoms with Crippen LogP contribution in [0.25, 0.3) is 0 Å². The number of nitro benzene ring substituents is 1. The summed E-state index contributed by atoms with van der Waals surface area (Å²) >= 11 is 0. The molecule has 1 amide bonds. The third-order valence-corrected chi connectivity index (χ3v) is 6.15. The number of piperazine rings is 1. The first-order chi connectivity index (χ1) is 12.3. The molecule has 1 saturated heterocycles. The van der Waals surface area contributed by atoms with Crippen molar-refractivity contribution in [2.24, 2.45) is 0 Å². The molecule has 0 aliphatic carbocycles. The molecule has 0 aromatic heterocycles. The lowest BCUT2D eigenvalue weighted by molar-refractivity contribution is -0.385. The molecule has 1 N–H and O–H groups in total. The summed E-state index contributed by atoms with van der Waals surface area (Å²) in [7, 11) is -4.10. The molecule has 0 bridgehead atoms. The molecule has 1 aliphatic rings. The first kappa shape index (κ1) is 18.0. The van der Waals surface area contributed by atoms with Gasteiger partial charge in [-0.15, -0.1) is 0 Å². The molecule has 0 saturated carbocycles. The number of rotatable bonds is 4. The summed E-state index contributed by atoms with van der Waals surface area (Å²) in [4.78, 5) is 22.6. The van der Waals surface area contributed by atoms with E-state index in [0.717, 1.165) is 15.9 Å². The van der Waals surface area contributed by atoms with Crippen LogP contribution >= 0.6 is 0 Å². The normalized spacial score (nSPS) is 18.3. The second-order valence-electron chi connectivity index (χ2n) is 5.92. The van der Waals surface area contributed by atoms with E-state index >= 15 is 0 Å². The molecular weight excluding hydrogens is 358 g/mol. The van der Waals surface area contributed by atoms with Crippen LogP contribution in [-0.4, -0.2) is 36.6 Å². The molecule has 8 nitrogen and oxygen atoms in total. The molecule has 9 heteroatoms. The molecular formula is C17H17N3O5S. The number of hydrogen-bond donors (Lipinski definition) is 1. The molecule has 2 aromatic carbocycles. The summed E-state index contributed by atoms with van der Waals surface area (Å²) < 4.78 is 27.4. The van der Waals surface area contributed by atoms with Gasteiger partial charge in [0.15, 0.2) is 0 Å². The number of benzene rings is 2. The zero-order chi connectivity index (χ0) is 18.9. The van der Waals surface area contributed by atoms with Crippen LogP contribution in [0.5, 0.6) is 0 Å². The van der Waals surface area contributed by atoms with Gasteiger partial charge in [0.05, 0.1) is 9.82 Å². The molecule has 1 atom stereocenters. The van der Waals surface area contributed by atoms with Crippen molar-refractivity contribution in [1.82, 2.24) is 9.62 Å². The van der Waals surface area contributed by atoms with E-state index < -0.39 is 26.9 Å². The van der Waals surface area contributed by atoms with Gasteiger partial charge in [-0.3, -0.25) is 14.9 Å². The molecule has 2 aromatic rings. The van der Waals surface area contributed by atoms with Crippen LogP contribution in [0.4, 0.5) is 5.69 Å². The third-order valence-electron chi connectivity index (χ3n) is 4.29. The Hall–Kier alpha value is -2.78. The summed E-state index contributed by atoms with van der Waals surface area (Å²) in [6, 6.07) is 10.9. The summed E-state index contributed by atoms with van der Waals surface area (Å²) in [5.74, 6) is -0.417. The number of hydrogen-bond acceptors (Lipinski definition) is 5. The van der Waals surface area contributed by atoms with Crippen molar-refractivity contribution in [3.05, 3.63) is 69.8 Å².